The van der Waals surface area contributed by atoms with E-state index in [1.807, 2.05) is 42.5 Å². The van der Waals surface area contributed by atoms with Crippen LogP contribution in [0.1, 0.15) is 36.9 Å². The molecule has 1 unspecified atom stereocenters. The molecule has 5 nitrogen and oxygen atoms in total. The second-order valence-corrected chi connectivity index (χ2v) is 8.67. The first-order valence-corrected chi connectivity index (χ1v) is 12.0. The summed E-state index contributed by atoms with van der Waals surface area (Å²) < 4.78 is 5.72. The Bertz CT molecular complexity index is 1070. The van der Waals surface area contributed by atoms with E-state index in [-0.39, 0.29) is 25.0 Å². The molecule has 2 amide bonds. The third-order valence-corrected chi connectivity index (χ3v) is 5.84. The lowest BCUT2D eigenvalue weighted by molar-refractivity contribution is -0.143. The molecule has 0 bridgehead atoms. The maximum Gasteiger partial charge on any atom is 0.261 e. The number of hydrogen-bond donors (Lipinski definition) is 1. The average Bonchev–Trinajstić information content (AvgIpc) is 2.85. The Morgan fingerprint density at radius 1 is 0.941 bits per heavy atom. The zero-order chi connectivity index (χ0) is 24.3. The van der Waals surface area contributed by atoms with Gasteiger partial charge in [0.25, 0.3) is 5.91 Å². The van der Waals surface area contributed by atoms with Crippen LogP contribution < -0.4 is 10.1 Å². The maximum atomic E-state index is 13.5. The van der Waals surface area contributed by atoms with Crippen molar-refractivity contribution in [2.75, 3.05) is 13.2 Å². The molecule has 3 rings (SSSR count). The van der Waals surface area contributed by atoms with Crippen molar-refractivity contribution in [3.63, 3.8) is 0 Å². The van der Waals surface area contributed by atoms with Crippen LogP contribution in [0.25, 0.3) is 0 Å². The number of benzene rings is 3. The molecular weight excluding hydrogens is 471 g/mol. The maximum absolute atomic E-state index is 13.5. The van der Waals surface area contributed by atoms with Crippen molar-refractivity contribution in [2.45, 2.75) is 32.4 Å². The highest BCUT2D eigenvalue weighted by molar-refractivity contribution is 6.32. The molecule has 0 aliphatic heterocycles. The molecule has 7 heteroatoms. The molecule has 0 heterocycles. The Morgan fingerprint density at radius 3 is 2.29 bits per heavy atom. The van der Waals surface area contributed by atoms with Crippen LogP contribution in [0, 0.1) is 0 Å². The van der Waals surface area contributed by atoms with Gasteiger partial charge in [-0.25, -0.2) is 0 Å². The molecule has 0 aliphatic carbocycles. The number of nitrogens with zero attached hydrogens (tertiary/aromatic N) is 1. The summed E-state index contributed by atoms with van der Waals surface area (Å²) in [6, 6.07) is 22.6. The Labute approximate surface area is 210 Å². The highest BCUT2D eigenvalue weighted by Gasteiger charge is 2.31. The van der Waals surface area contributed by atoms with Crippen LogP contribution in [0.5, 0.6) is 5.75 Å². The van der Waals surface area contributed by atoms with Gasteiger partial charge in [-0.2, -0.15) is 0 Å². The number of carbonyl (C=O) groups excluding carboxylic acids is 2. The van der Waals surface area contributed by atoms with Crippen molar-refractivity contribution in [3.8, 4) is 5.75 Å². The minimum absolute atomic E-state index is 0.211. The summed E-state index contributed by atoms with van der Waals surface area (Å²) in [5.41, 5.74) is 1.56. The van der Waals surface area contributed by atoms with Crippen molar-refractivity contribution >= 4 is 35.0 Å². The highest BCUT2D eigenvalue weighted by atomic mass is 35.5. The summed E-state index contributed by atoms with van der Waals surface area (Å²) in [5.74, 6) is -0.165. The van der Waals surface area contributed by atoms with E-state index in [0.717, 1.165) is 24.0 Å². The quantitative estimate of drug-likeness (QED) is 0.327. The summed E-state index contributed by atoms with van der Waals surface area (Å²) in [6.45, 7) is 2.55. The number of hydrogen-bond acceptors (Lipinski definition) is 3. The number of nitrogens with one attached hydrogen (secondary N) is 1. The fourth-order valence-electron chi connectivity index (χ4n) is 3.49. The third-order valence-electron chi connectivity index (χ3n) is 5.28. The molecule has 0 saturated carbocycles. The van der Waals surface area contributed by atoms with Crippen LogP contribution in [-0.2, 0) is 16.1 Å². The fourth-order valence-corrected chi connectivity index (χ4v) is 3.80. The molecule has 0 fully saturated rings. The van der Waals surface area contributed by atoms with Gasteiger partial charge in [0.2, 0.25) is 5.91 Å². The Kier molecular flexibility index (Phi) is 9.80. The molecular formula is C27H28Cl2N2O3. The second-order valence-electron chi connectivity index (χ2n) is 7.83. The van der Waals surface area contributed by atoms with Crippen LogP contribution in [0.3, 0.4) is 0 Å². The largest absolute Gasteiger partial charge is 0.482 e. The normalized spacial score (nSPS) is 11.5. The van der Waals surface area contributed by atoms with E-state index < -0.39 is 6.04 Å². The van der Waals surface area contributed by atoms with Gasteiger partial charge in [0.05, 0.1) is 5.02 Å². The molecule has 1 atom stereocenters. The molecule has 0 radical (unpaired) electrons. The van der Waals surface area contributed by atoms with E-state index in [2.05, 4.69) is 12.2 Å². The van der Waals surface area contributed by atoms with Crippen LogP contribution in [0.15, 0.2) is 78.9 Å². The zero-order valence-corrected chi connectivity index (χ0v) is 20.6. The van der Waals surface area contributed by atoms with Crippen molar-refractivity contribution in [1.29, 1.82) is 0 Å². The van der Waals surface area contributed by atoms with E-state index in [1.165, 1.54) is 4.90 Å². The van der Waals surface area contributed by atoms with E-state index in [4.69, 9.17) is 27.9 Å². The SMILES string of the molecule is CCCCNC(=O)C(c1ccccc1)N(Cc1ccc(Cl)cc1)C(=O)COc1ccccc1Cl. The van der Waals surface area contributed by atoms with Crippen LogP contribution in [0.2, 0.25) is 10.0 Å². The first kappa shape index (κ1) is 25.6. The van der Waals surface area contributed by atoms with E-state index >= 15 is 0 Å². The predicted octanol–water partition coefficient (Wildman–Crippen LogP) is 6.06. The van der Waals surface area contributed by atoms with Gasteiger partial charge in [0.1, 0.15) is 11.8 Å². The van der Waals surface area contributed by atoms with Crippen molar-refractivity contribution in [2.24, 2.45) is 0 Å². The smallest absolute Gasteiger partial charge is 0.261 e. The van der Waals surface area contributed by atoms with Gasteiger partial charge in [-0.1, -0.05) is 91.1 Å². The second kappa shape index (κ2) is 13.0. The molecule has 0 aromatic heterocycles. The van der Waals surface area contributed by atoms with Gasteiger partial charge in [0, 0.05) is 18.1 Å². The Balaban J connectivity index is 1.91. The number of para-hydroxylation sites is 1. The standard InChI is InChI=1S/C27H28Cl2N2O3/c1-2-3-17-30-27(33)26(21-9-5-4-6-10-21)31(18-20-13-15-22(28)16-14-20)25(32)19-34-24-12-8-7-11-23(24)29/h4-16,26H,2-3,17-19H2,1H3,(H,30,33). The lowest BCUT2D eigenvalue weighted by Crippen LogP contribution is -2.45. The molecule has 178 valence electrons. The number of carbonyl (C=O) groups is 2. The lowest BCUT2D eigenvalue weighted by atomic mass is 10.0. The van der Waals surface area contributed by atoms with Crippen LogP contribution in [0.4, 0.5) is 0 Å². The molecule has 34 heavy (non-hydrogen) atoms. The monoisotopic (exact) mass is 498 g/mol. The number of ether oxygens (including phenoxy) is 1. The number of halogens is 2. The lowest BCUT2D eigenvalue weighted by Gasteiger charge is -2.31. The number of unbranched alkanes of at least 4 members (excludes halogenated alkanes) is 1. The van der Waals surface area contributed by atoms with Crippen molar-refractivity contribution < 1.29 is 14.3 Å². The Morgan fingerprint density at radius 2 is 1.62 bits per heavy atom. The number of amides is 2. The summed E-state index contributed by atoms with van der Waals surface area (Å²) in [4.78, 5) is 28.4. The van der Waals surface area contributed by atoms with Crippen molar-refractivity contribution in [1.82, 2.24) is 10.2 Å². The first-order valence-electron chi connectivity index (χ1n) is 11.2. The van der Waals surface area contributed by atoms with Gasteiger partial charge in [-0.05, 0) is 41.8 Å². The molecule has 0 aliphatic rings. The van der Waals surface area contributed by atoms with Crippen LogP contribution in [-0.4, -0.2) is 29.9 Å². The summed E-state index contributed by atoms with van der Waals surface area (Å²) >= 11 is 12.2. The topological polar surface area (TPSA) is 58.6 Å². The third kappa shape index (κ3) is 7.24. The minimum Gasteiger partial charge on any atom is -0.482 e. The molecule has 3 aromatic rings. The molecule has 1 N–H and O–H groups in total. The minimum atomic E-state index is -0.823. The van der Waals surface area contributed by atoms with Gasteiger partial charge in [-0.15, -0.1) is 0 Å². The van der Waals surface area contributed by atoms with E-state index in [1.54, 1.807) is 36.4 Å². The van der Waals surface area contributed by atoms with Gasteiger partial charge < -0.3 is 15.0 Å². The fraction of sp³-hybridized carbons (Fsp3) is 0.259. The van der Waals surface area contributed by atoms with Gasteiger partial charge in [-0.3, -0.25) is 9.59 Å². The summed E-state index contributed by atoms with van der Waals surface area (Å²) in [5, 5.41) is 3.99. The van der Waals surface area contributed by atoms with Crippen LogP contribution >= 0.6 is 23.2 Å². The van der Waals surface area contributed by atoms with Gasteiger partial charge in [0.15, 0.2) is 6.61 Å². The van der Waals surface area contributed by atoms with E-state index in [9.17, 15) is 9.59 Å². The van der Waals surface area contributed by atoms with Gasteiger partial charge >= 0.3 is 0 Å². The van der Waals surface area contributed by atoms with Crippen molar-refractivity contribution in [3.05, 3.63) is 100 Å². The molecule has 3 aromatic carbocycles. The van der Waals surface area contributed by atoms with E-state index in [0.29, 0.717) is 22.3 Å². The average molecular weight is 499 g/mol. The predicted molar refractivity (Wildman–Crippen MR) is 136 cm³/mol. The highest BCUT2D eigenvalue weighted by Crippen LogP contribution is 2.26. The number of rotatable bonds is 11. The zero-order valence-electron chi connectivity index (χ0n) is 19.0. The summed E-state index contributed by atoms with van der Waals surface area (Å²) in [6.07, 6.45) is 1.81. The molecule has 0 saturated heterocycles. The molecule has 0 spiro atoms. The first-order chi connectivity index (χ1) is 16.5. The Hall–Kier alpha value is -3.02. The summed E-state index contributed by atoms with van der Waals surface area (Å²) in [7, 11) is 0.